The van der Waals surface area contributed by atoms with Crippen LogP contribution in [0.2, 0.25) is 0 Å². The van der Waals surface area contributed by atoms with Crippen LogP contribution in [0, 0.1) is 0 Å². The minimum Gasteiger partial charge on any atom is -0.479 e. The molecule has 1 atom stereocenters. The van der Waals surface area contributed by atoms with Crippen LogP contribution in [-0.2, 0) is 14.3 Å². The van der Waals surface area contributed by atoms with Gasteiger partial charge in [0.05, 0.1) is 13.2 Å². The number of aliphatic carboxylic acids is 1. The number of hydrogen-bond donors (Lipinski definition) is 4. The summed E-state index contributed by atoms with van der Waals surface area (Å²) in [5.74, 6) is -1.74. The molecule has 0 bridgehead atoms. The molecule has 18 heavy (non-hydrogen) atoms. The number of ether oxygens (including phenoxy) is 1. The highest BCUT2D eigenvalue weighted by molar-refractivity contribution is 5.76. The van der Waals surface area contributed by atoms with Crippen LogP contribution in [0.1, 0.15) is 19.8 Å². The van der Waals surface area contributed by atoms with E-state index in [1.54, 1.807) is 6.92 Å². The number of amides is 2. The second kappa shape index (κ2) is 9.23. The fourth-order valence-electron chi connectivity index (χ4n) is 1.01. The molecule has 2 amide bonds. The number of rotatable bonds is 8. The van der Waals surface area contributed by atoms with E-state index in [1.807, 2.05) is 0 Å². The minimum atomic E-state index is -1.63. The summed E-state index contributed by atoms with van der Waals surface area (Å²) in [6.07, 6.45) is -1.00. The fraction of sp³-hybridized carbons (Fsp3) is 0.700. The molecule has 0 rings (SSSR count). The van der Waals surface area contributed by atoms with Gasteiger partial charge in [-0.05, 0) is 13.3 Å². The zero-order valence-electron chi connectivity index (χ0n) is 10.1. The van der Waals surface area contributed by atoms with E-state index < -0.39 is 18.1 Å². The van der Waals surface area contributed by atoms with Gasteiger partial charge in [-0.2, -0.15) is 0 Å². The first-order chi connectivity index (χ1) is 8.47. The van der Waals surface area contributed by atoms with Gasteiger partial charge in [-0.15, -0.1) is 0 Å². The number of aliphatic hydroxyl groups excluding tert-OH is 1. The van der Waals surface area contributed by atoms with E-state index in [1.165, 1.54) is 0 Å². The number of urea groups is 1. The van der Waals surface area contributed by atoms with E-state index in [-0.39, 0.29) is 25.5 Å². The van der Waals surface area contributed by atoms with E-state index in [9.17, 15) is 14.4 Å². The third-order valence-corrected chi connectivity index (χ3v) is 1.89. The van der Waals surface area contributed by atoms with E-state index >= 15 is 0 Å². The number of carbonyl (C=O) groups excluding carboxylic acids is 2. The lowest BCUT2D eigenvalue weighted by Gasteiger charge is -2.09. The molecule has 0 aliphatic carbocycles. The van der Waals surface area contributed by atoms with Gasteiger partial charge in [-0.1, -0.05) is 0 Å². The molecule has 8 heteroatoms. The fourth-order valence-corrected chi connectivity index (χ4v) is 1.01. The van der Waals surface area contributed by atoms with Crippen LogP contribution in [0.25, 0.3) is 0 Å². The zero-order chi connectivity index (χ0) is 14.0. The van der Waals surface area contributed by atoms with Gasteiger partial charge in [0.1, 0.15) is 0 Å². The van der Waals surface area contributed by atoms with Crippen molar-refractivity contribution in [2.45, 2.75) is 25.9 Å². The number of carboxylic acids is 1. The molecule has 0 spiro atoms. The first kappa shape index (κ1) is 16.2. The summed E-state index contributed by atoms with van der Waals surface area (Å²) in [6.45, 7) is 1.91. The van der Waals surface area contributed by atoms with Gasteiger partial charge in [0, 0.05) is 13.0 Å². The molecule has 0 fully saturated rings. The van der Waals surface area contributed by atoms with Crippen molar-refractivity contribution in [2.75, 3.05) is 19.7 Å². The van der Waals surface area contributed by atoms with Gasteiger partial charge in [0.15, 0.2) is 6.10 Å². The first-order valence-electron chi connectivity index (χ1n) is 5.55. The molecular formula is C10H18N2O6. The average Bonchev–Trinajstić information content (AvgIpc) is 2.31. The topological polar surface area (TPSA) is 125 Å². The molecule has 0 aliphatic heterocycles. The summed E-state index contributed by atoms with van der Waals surface area (Å²) in [5, 5.41) is 21.8. The van der Waals surface area contributed by atoms with Gasteiger partial charge >= 0.3 is 18.0 Å². The van der Waals surface area contributed by atoms with Crippen LogP contribution < -0.4 is 10.6 Å². The van der Waals surface area contributed by atoms with Crippen molar-refractivity contribution in [1.29, 1.82) is 0 Å². The maximum atomic E-state index is 11.1. The summed E-state index contributed by atoms with van der Waals surface area (Å²) in [4.78, 5) is 32.3. The van der Waals surface area contributed by atoms with E-state index in [0.29, 0.717) is 13.0 Å². The minimum absolute atomic E-state index is 0.200. The molecule has 0 saturated heterocycles. The normalized spacial score (nSPS) is 11.4. The average molecular weight is 262 g/mol. The Balaban J connectivity index is 3.54. The van der Waals surface area contributed by atoms with E-state index in [2.05, 4.69) is 15.4 Å². The number of carbonyl (C=O) groups is 3. The van der Waals surface area contributed by atoms with Crippen LogP contribution in [0.5, 0.6) is 0 Å². The van der Waals surface area contributed by atoms with Crippen molar-refractivity contribution in [2.24, 2.45) is 0 Å². The summed E-state index contributed by atoms with van der Waals surface area (Å²) in [5.41, 5.74) is 0. The molecule has 0 aliphatic rings. The van der Waals surface area contributed by atoms with Crippen LogP contribution >= 0.6 is 0 Å². The third kappa shape index (κ3) is 8.34. The zero-order valence-corrected chi connectivity index (χ0v) is 10.1. The molecule has 0 heterocycles. The molecule has 0 radical (unpaired) electrons. The Labute approximate surface area is 104 Å². The van der Waals surface area contributed by atoms with Crippen LogP contribution in [-0.4, -0.2) is 54.0 Å². The number of hydrogen-bond acceptors (Lipinski definition) is 5. The van der Waals surface area contributed by atoms with E-state index in [4.69, 9.17) is 10.2 Å². The summed E-state index contributed by atoms with van der Waals surface area (Å²) >= 11 is 0. The Morgan fingerprint density at radius 2 is 1.94 bits per heavy atom. The molecule has 8 nitrogen and oxygen atoms in total. The largest absolute Gasteiger partial charge is 0.479 e. The highest BCUT2D eigenvalue weighted by atomic mass is 16.5. The smallest absolute Gasteiger partial charge is 0.334 e. The lowest BCUT2D eigenvalue weighted by atomic mass is 10.3. The Morgan fingerprint density at radius 3 is 2.50 bits per heavy atom. The summed E-state index contributed by atoms with van der Waals surface area (Å²) < 4.78 is 4.69. The van der Waals surface area contributed by atoms with Crippen molar-refractivity contribution in [3.05, 3.63) is 0 Å². The Morgan fingerprint density at radius 1 is 1.28 bits per heavy atom. The highest BCUT2D eigenvalue weighted by Crippen LogP contribution is 1.91. The first-order valence-corrected chi connectivity index (χ1v) is 5.55. The van der Waals surface area contributed by atoms with Crippen molar-refractivity contribution >= 4 is 18.0 Å². The molecule has 0 aromatic rings. The van der Waals surface area contributed by atoms with Gasteiger partial charge in [-0.25, -0.2) is 9.59 Å². The number of aliphatic hydroxyl groups is 1. The highest BCUT2D eigenvalue weighted by Gasteiger charge is 2.13. The van der Waals surface area contributed by atoms with Crippen molar-refractivity contribution in [3.8, 4) is 0 Å². The number of nitrogens with one attached hydrogen (secondary N) is 2. The Kier molecular flexibility index (Phi) is 8.29. The summed E-state index contributed by atoms with van der Waals surface area (Å²) in [6, 6.07) is -0.598. The second-order valence-corrected chi connectivity index (χ2v) is 3.40. The summed E-state index contributed by atoms with van der Waals surface area (Å²) in [7, 11) is 0. The van der Waals surface area contributed by atoms with E-state index in [0.717, 1.165) is 0 Å². The predicted molar refractivity (Wildman–Crippen MR) is 60.9 cm³/mol. The standard InChI is InChI=1S/C10H18N2O6/c1-2-18-8(14)4-3-5-11-10(17)12-6-7(13)9(15)16/h7,13H,2-6H2,1H3,(H,15,16)(H2,11,12,17). The number of carboxylic acid groups (broad SMARTS) is 1. The predicted octanol–water partition coefficient (Wildman–Crippen LogP) is -0.926. The van der Waals surface area contributed by atoms with Gasteiger partial charge in [0.2, 0.25) is 0 Å². The molecule has 0 aromatic heterocycles. The van der Waals surface area contributed by atoms with Crippen LogP contribution in [0.3, 0.4) is 0 Å². The van der Waals surface area contributed by atoms with Crippen molar-refractivity contribution < 1.29 is 29.3 Å². The van der Waals surface area contributed by atoms with Gasteiger partial charge in [-0.3, -0.25) is 4.79 Å². The van der Waals surface area contributed by atoms with Crippen molar-refractivity contribution in [3.63, 3.8) is 0 Å². The third-order valence-electron chi connectivity index (χ3n) is 1.89. The van der Waals surface area contributed by atoms with Crippen LogP contribution in [0.15, 0.2) is 0 Å². The number of esters is 1. The maximum absolute atomic E-state index is 11.1. The quantitative estimate of drug-likeness (QED) is 0.331. The Bertz CT molecular complexity index is 294. The monoisotopic (exact) mass is 262 g/mol. The molecule has 1 unspecified atom stereocenters. The molecular weight excluding hydrogens is 244 g/mol. The van der Waals surface area contributed by atoms with Gasteiger partial charge < -0.3 is 25.6 Å². The molecule has 0 aromatic carbocycles. The molecule has 0 saturated carbocycles. The Hall–Kier alpha value is -1.83. The SMILES string of the molecule is CCOC(=O)CCCNC(=O)NCC(O)C(=O)O. The van der Waals surface area contributed by atoms with Gasteiger partial charge in [0.25, 0.3) is 0 Å². The molecule has 104 valence electrons. The second-order valence-electron chi connectivity index (χ2n) is 3.40. The maximum Gasteiger partial charge on any atom is 0.334 e. The van der Waals surface area contributed by atoms with Crippen molar-refractivity contribution in [1.82, 2.24) is 10.6 Å². The van der Waals surface area contributed by atoms with Crippen LogP contribution in [0.4, 0.5) is 4.79 Å². The lowest BCUT2D eigenvalue weighted by Crippen LogP contribution is -2.42. The lowest BCUT2D eigenvalue weighted by molar-refractivity contribution is -0.146. The molecule has 4 N–H and O–H groups in total.